The number of nitrogens with zero attached hydrogens (tertiary/aromatic N) is 2. The van der Waals surface area contributed by atoms with Crippen LogP contribution in [0.3, 0.4) is 0 Å². The molecule has 1 aliphatic rings. The number of nitrogens with two attached hydrogens (primary N) is 1. The van der Waals surface area contributed by atoms with Gasteiger partial charge in [-0.2, -0.15) is 18.4 Å². The van der Waals surface area contributed by atoms with Gasteiger partial charge in [-0.3, -0.25) is 14.6 Å². The van der Waals surface area contributed by atoms with Crippen molar-refractivity contribution in [2.45, 2.75) is 32.0 Å². The number of nitriles is 1. The van der Waals surface area contributed by atoms with E-state index in [0.29, 0.717) is 30.6 Å². The summed E-state index contributed by atoms with van der Waals surface area (Å²) in [5.74, 6) is -0.996. The monoisotopic (exact) mass is 494 g/mol. The van der Waals surface area contributed by atoms with Gasteiger partial charge in [0.25, 0.3) is 5.91 Å². The van der Waals surface area contributed by atoms with Crippen LogP contribution >= 0.6 is 0 Å². The SMILES string of the molecule is N#Cc1ccc(C(F)(F)F)cc1NC(=O)C1CCc2ccc(OCc3ccnc(C(N)=O)c3)cc2C1. The summed E-state index contributed by atoms with van der Waals surface area (Å²) in [6.45, 7) is 0.179. The maximum absolute atomic E-state index is 13.1. The summed E-state index contributed by atoms with van der Waals surface area (Å²) in [6, 6.07) is 13.3. The lowest BCUT2D eigenvalue weighted by molar-refractivity contribution is -0.137. The zero-order chi connectivity index (χ0) is 25.9. The van der Waals surface area contributed by atoms with E-state index in [1.54, 1.807) is 12.1 Å². The van der Waals surface area contributed by atoms with Crippen LogP contribution in [0.15, 0.2) is 54.7 Å². The van der Waals surface area contributed by atoms with Crippen LogP contribution in [0.5, 0.6) is 5.75 Å². The molecule has 0 saturated heterocycles. The Hall–Kier alpha value is -4.39. The maximum atomic E-state index is 13.1. The van der Waals surface area contributed by atoms with Gasteiger partial charge in [0.05, 0.1) is 16.8 Å². The predicted octanol–water partition coefficient (Wildman–Crippen LogP) is 4.39. The molecule has 3 aromatic rings. The number of benzene rings is 2. The number of aryl methyl sites for hydroxylation is 1. The molecule has 1 aromatic heterocycles. The third-order valence-corrected chi connectivity index (χ3v) is 5.98. The van der Waals surface area contributed by atoms with Crippen LogP contribution in [0.2, 0.25) is 0 Å². The molecule has 0 fully saturated rings. The largest absolute Gasteiger partial charge is 0.489 e. The Labute approximate surface area is 204 Å². The van der Waals surface area contributed by atoms with Crippen LogP contribution in [-0.4, -0.2) is 16.8 Å². The van der Waals surface area contributed by atoms with Gasteiger partial charge in [-0.15, -0.1) is 0 Å². The van der Waals surface area contributed by atoms with E-state index in [1.165, 1.54) is 6.20 Å². The molecule has 10 heteroatoms. The lowest BCUT2D eigenvalue weighted by Gasteiger charge is -2.25. The highest BCUT2D eigenvalue weighted by Crippen LogP contribution is 2.33. The van der Waals surface area contributed by atoms with Crippen molar-refractivity contribution in [1.29, 1.82) is 5.26 Å². The number of hydrogen-bond donors (Lipinski definition) is 2. The molecule has 7 nitrogen and oxygen atoms in total. The van der Waals surface area contributed by atoms with E-state index in [2.05, 4.69) is 10.3 Å². The summed E-state index contributed by atoms with van der Waals surface area (Å²) >= 11 is 0. The number of carbonyl (C=O) groups excluding carboxylic acids is 2. The van der Waals surface area contributed by atoms with E-state index in [0.717, 1.165) is 29.3 Å². The van der Waals surface area contributed by atoms with Crippen molar-refractivity contribution in [2.75, 3.05) is 5.32 Å². The summed E-state index contributed by atoms with van der Waals surface area (Å²) < 4.78 is 45.1. The Balaban J connectivity index is 1.45. The van der Waals surface area contributed by atoms with Gasteiger partial charge in [0.1, 0.15) is 24.1 Å². The molecule has 1 heterocycles. The number of rotatable bonds is 6. The smallest absolute Gasteiger partial charge is 0.416 e. The third-order valence-electron chi connectivity index (χ3n) is 5.98. The topological polar surface area (TPSA) is 118 Å². The van der Waals surface area contributed by atoms with E-state index < -0.39 is 29.5 Å². The Morgan fingerprint density at radius 3 is 2.67 bits per heavy atom. The van der Waals surface area contributed by atoms with E-state index in [-0.39, 0.29) is 23.6 Å². The number of carbonyl (C=O) groups is 2. The molecule has 4 rings (SSSR count). The number of pyridine rings is 1. The molecule has 0 aliphatic heterocycles. The molecule has 0 spiro atoms. The number of primary amides is 1. The molecule has 0 radical (unpaired) electrons. The molecule has 0 saturated carbocycles. The van der Waals surface area contributed by atoms with Gasteiger partial charge in [0.2, 0.25) is 5.91 Å². The number of anilines is 1. The first kappa shape index (κ1) is 24.7. The van der Waals surface area contributed by atoms with E-state index in [1.807, 2.05) is 24.3 Å². The standard InChI is InChI=1S/C26H21F3N4O3/c27-26(28,29)20-5-3-18(13-30)22(12-20)33-25(35)17-2-1-16-4-6-21(11-19(16)10-17)36-14-15-7-8-32-23(9-15)24(31)34/h3-9,11-12,17H,1-2,10,14H2,(H2,31,34)(H,33,35). The second-order valence-electron chi connectivity index (χ2n) is 8.43. The maximum Gasteiger partial charge on any atom is 0.416 e. The van der Waals surface area contributed by atoms with Crippen molar-refractivity contribution < 1.29 is 27.5 Å². The molecule has 184 valence electrons. The average molecular weight is 494 g/mol. The molecule has 1 unspecified atom stereocenters. The summed E-state index contributed by atoms with van der Waals surface area (Å²) in [4.78, 5) is 28.1. The van der Waals surface area contributed by atoms with Crippen LogP contribution in [0.4, 0.5) is 18.9 Å². The average Bonchev–Trinajstić information content (AvgIpc) is 2.86. The van der Waals surface area contributed by atoms with Gasteiger partial charge in [0.15, 0.2) is 0 Å². The Bertz CT molecular complexity index is 1370. The molecule has 36 heavy (non-hydrogen) atoms. The Morgan fingerprint density at radius 2 is 1.94 bits per heavy atom. The zero-order valence-electron chi connectivity index (χ0n) is 18.9. The van der Waals surface area contributed by atoms with Crippen molar-refractivity contribution in [1.82, 2.24) is 4.98 Å². The summed E-state index contributed by atoms with van der Waals surface area (Å²) in [5.41, 5.74) is 6.92. The number of halogens is 3. The summed E-state index contributed by atoms with van der Waals surface area (Å²) in [5, 5.41) is 11.8. The quantitative estimate of drug-likeness (QED) is 0.527. The normalized spacial score (nSPS) is 14.9. The minimum absolute atomic E-state index is 0.0427. The van der Waals surface area contributed by atoms with Crippen LogP contribution in [0.1, 0.15) is 44.7 Å². The van der Waals surface area contributed by atoms with Crippen molar-refractivity contribution in [3.8, 4) is 11.8 Å². The number of aromatic nitrogens is 1. The number of ether oxygens (including phenoxy) is 1. The Kier molecular flexibility index (Phi) is 6.92. The summed E-state index contributed by atoms with van der Waals surface area (Å²) in [7, 11) is 0. The van der Waals surface area contributed by atoms with Crippen LogP contribution < -0.4 is 15.8 Å². The van der Waals surface area contributed by atoms with Gasteiger partial charge in [0, 0.05) is 12.1 Å². The highest BCUT2D eigenvalue weighted by atomic mass is 19.4. The molecular weight excluding hydrogens is 473 g/mol. The third kappa shape index (κ3) is 5.63. The van der Waals surface area contributed by atoms with Crippen LogP contribution in [-0.2, 0) is 30.4 Å². The fraction of sp³-hybridized carbons (Fsp3) is 0.231. The molecular formula is C26H21F3N4O3. The number of fused-ring (bicyclic) bond motifs is 1. The number of alkyl halides is 3. The van der Waals surface area contributed by atoms with Crippen LogP contribution in [0, 0.1) is 17.2 Å². The van der Waals surface area contributed by atoms with Crippen molar-refractivity contribution in [3.63, 3.8) is 0 Å². The number of hydrogen-bond acceptors (Lipinski definition) is 5. The fourth-order valence-electron chi connectivity index (χ4n) is 4.07. The van der Waals surface area contributed by atoms with E-state index >= 15 is 0 Å². The second-order valence-corrected chi connectivity index (χ2v) is 8.43. The van der Waals surface area contributed by atoms with Gasteiger partial charge in [-0.25, -0.2) is 0 Å². The first-order valence-electron chi connectivity index (χ1n) is 11.1. The highest BCUT2D eigenvalue weighted by molar-refractivity contribution is 5.94. The molecule has 2 aromatic carbocycles. The Morgan fingerprint density at radius 1 is 1.14 bits per heavy atom. The van der Waals surface area contributed by atoms with Gasteiger partial charge < -0.3 is 15.8 Å². The first-order valence-corrected chi connectivity index (χ1v) is 11.1. The van der Waals surface area contributed by atoms with Gasteiger partial charge >= 0.3 is 6.18 Å². The van der Waals surface area contributed by atoms with Crippen LogP contribution in [0.25, 0.3) is 0 Å². The molecule has 0 bridgehead atoms. The van der Waals surface area contributed by atoms with E-state index in [4.69, 9.17) is 10.5 Å². The zero-order valence-corrected chi connectivity index (χ0v) is 18.9. The first-order chi connectivity index (χ1) is 17.1. The second kappa shape index (κ2) is 10.1. The lowest BCUT2D eigenvalue weighted by Crippen LogP contribution is -2.28. The lowest BCUT2D eigenvalue weighted by atomic mass is 9.83. The van der Waals surface area contributed by atoms with Crippen molar-refractivity contribution >= 4 is 17.5 Å². The number of amides is 2. The molecule has 1 atom stereocenters. The highest BCUT2D eigenvalue weighted by Gasteiger charge is 2.32. The van der Waals surface area contributed by atoms with Gasteiger partial charge in [-0.1, -0.05) is 6.07 Å². The molecule has 2 amide bonds. The van der Waals surface area contributed by atoms with Crippen molar-refractivity contribution in [2.24, 2.45) is 11.7 Å². The summed E-state index contributed by atoms with van der Waals surface area (Å²) in [6.07, 6.45) is -1.61. The minimum Gasteiger partial charge on any atom is -0.489 e. The minimum atomic E-state index is -4.59. The van der Waals surface area contributed by atoms with Gasteiger partial charge in [-0.05, 0) is 78.4 Å². The number of nitrogens with one attached hydrogen (secondary N) is 1. The van der Waals surface area contributed by atoms with E-state index in [9.17, 15) is 28.0 Å². The molecule has 1 aliphatic carbocycles. The van der Waals surface area contributed by atoms with Crippen molar-refractivity contribution in [3.05, 3.63) is 88.2 Å². The predicted molar refractivity (Wildman–Crippen MR) is 124 cm³/mol. The molecule has 3 N–H and O–H groups in total. The fourth-order valence-corrected chi connectivity index (χ4v) is 4.07.